The maximum Gasteiger partial charge on any atom is 0.246 e. The molecule has 0 aromatic heterocycles. The van der Waals surface area contributed by atoms with Crippen LogP contribution in [0.4, 0.5) is 0 Å². The number of carbonyl (C=O) groups excluding carboxylic acids is 2. The highest BCUT2D eigenvalue weighted by Gasteiger charge is 2.53. The molecule has 0 spiro atoms. The SMILES string of the molecule is O=C(/C=C\[C@H]1[C@H](/C=C/c2ccc3c(c2)OCO3)[C@@H](C(=O)N2CCCCC2)[C@@H]1c1ccc2c(c1)OCO2)N1CCCCC1. The summed E-state index contributed by atoms with van der Waals surface area (Å²) in [6.45, 7) is 3.65. The molecule has 220 valence electrons. The molecule has 4 atom stereocenters. The number of piperidine rings is 2. The summed E-state index contributed by atoms with van der Waals surface area (Å²) in [4.78, 5) is 31.4. The summed E-state index contributed by atoms with van der Waals surface area (Å²) in [5.74, 6) is 2.76. The molecule has 3 fully saturated rings. The van der Waals surface area contributed by atoms with Crippen LogP contribution < -0.4 is 18.9 Å². The minimum absolute atomic E-state index is 0.0249. The number of ether oxygens (including phenoxy) is 4. The Morgan fingerprint density at radius 2 is 1.29 bits per heavy atom. The standard InChI is InChI=1S/C34H38N2O6/c37-31(35-15-3-1-4-16-35)14-11-25-26(10-7-23-8-12-27-29(19-23)41-21-39-27)33(34(38)36-17-5-2-6-18-36)32(25)24-9-13-28-30(20-24)42-22-40-28/h7-14,19-20,25-26,32-33H,1-6,15-18,21-22H2/b10-7+,14-11-/t25-,26-,32+,33+/m0/s1. The largest absolute Gasteiger partial charge is 0.454 e. The Hall–Kier alpha value is -3.94. The molecule has 0 radical (unpaired) electrons. The first-order valence-electron chi connectivity index (χ1n) is 15.4. The summed E-state index contributed by atoms with van der Waals surface area (Å²) in [6, 6.07) is 11.9. The molecule has 0 N–H and O–H groups in total. The van der Waals surface area contributed by atoms with E-state index < -0.39 is 0 Å². The van der Waals surface area contributed by atoms with E-state index in [1.165, 1.54) is 6.42 Å². The monoisotopic (exact) mass is 570 g/mol. The Morgan fingerprint density at radius 1 is 0.667 bits per heavy atom. The van der Waals surface area contributed by atoms with E-state index >= 15 is 0 Å². The Labute approximate surface area is 246 Å². The van der Waals surface area contributed by atoms with Crippen LogP contribution in [0.25, 0.3) is 6.08 Å². The Bertz CT molecular complexity index is 1390. The maximum absolute atomic E-state index is 14.2. The molecule has 5 aliphatic rings. The molecule has 1 saturated carbocycles. The van der Waals surface area contributed by atoms with E-state index in [1.54, 1.807) is 6.08 Å². The van der Waals surface area contributed by atoms with Crippen molar-refractivity contribution < 1.29 is 28.5 Å². The number of hydrogen-bond acceptors (Lipinski definition) is 6. The molecule has 0 bridgehead atoms. The van der Waals surface area contributed by atoms with Crippen molar-refractivity contribution in [2.24, 2.45) is 17.8 Å². The molecule has 2 saturated heterocycles. The van der Waals surface area contributed by atoms with Crippen LogP contribution in [0.5, 0.6) is 23.0 Å². The zero-order valence-electron chi connectivity index (χ0n) is 23.9. The van der Waals surface area contributed by atoms with Gasteiger partial charge in [0.05, 0.1) is 5.92 Å². The van der Waals surface area contributed by atoms with Gasteiger partial charge >= 0.3 is 0 Å². The molecule has 2 aromatic carbocycles. The lowest BCUT2D eigenvalue weighted by molar-refractivity contribution is -0.144. The van der Waals surface area contributed by atoms with Gasteiger partial charge in [-0.2, -0.15) is 0 Å². The fourth-order valence-electron chi connectivity index (χ4n) is 7.15. The van der Waals surface area contributed by atoms with Gasteiger partial charge in [-0.25, -0.2) is 0 Å². The second-order valence-electron chi connectivity index (χ2n) is 11.9. The van der Waals surface area contributed by atoms with E-state index in [0.29, 0.717) is 5.75 Å². The number of nitrogens with zero attached hydrogens (tertiary/aromatic N) is 2. The van der Waals surface area contributed by atoms with Crippen molar-refractivity contribution in [1.82, 2.24) is 9.80 Å². The summed E-state index contributed by atoms with van der Waals surface area (Å²) in [6.07, 6.45) is 14.6. The minimum Gasteiger partial charge on any atom is -0.454 e. The molecule has 42 heavy (non-hydrogen) atoms. The molecule has 4 heterocycles. The van der Waals surface area contributed by atoms with Crippen molar-refractivity contribution in [2.45, 2.75) is 44.4 Å². The first kappa shape index (κ1) is 26.9. The van der Waals surface area contributed by atoms with Gasteiger partial charge < -0.3 is 28.7 Å². The smallest absolute Gasteiger partial charge is 0.246 e. The molecule has 2 amide bonds. The average molecular weight is 571 g/mol. The summed E-state index contributed by atoms with van der Waals surface area (Å²) in [5, 5.41) is 0. The highest BCUT2D eigenvalue weighted by molar-refractivity contribution is 5.88. The number of amides is 2. The van der Waals surface area contributed by atoms with E-state index in [4.69, 9.17) is 18.9 Å². The summed E-state index contributed by atoms with van der Waals surface area (Å²) in [5.41, 5.74) is 2.03. The molecule has 1 aliphatic carbocycles. The third-order valence-electron chi connectivity index (χ3n) is 9.43. The van der Waals surface area contributed by atoms with Gasteiger partial charge in [-0.15, -0.1) is 0 Å². The third-order valence-corrected chi connectivity index (χ3v) is 9.43. The maximum atomic E-state index is 14.2. The normalized spacial score (nSPS) is 26.6. The van der Waals surface area contributed by atoms with Crippen LogP contribution >= 0.6 is 0 Å². The Morgan fingerprint density at radius 3 is 2.00 bits per heavy atom. The molecular formula is C34H38N2O6. The Balaban J connectivity index is 1.23. The van der Waals surface area contributed by atoms with Gasteiger partial charge in [0, 0.05) is 32.1 Å². The number of likely N-dealkylation sites (tertiary alicyclic amines) is 2. The van der Waals surface area contributed by atoms with Crippen molar-refractivity contribution >= 4 is 17.9 Å². The number of benzene rings is 2. The first-order chi connectivity index (χ1) is 20.7. The van der Waals surface area contributed by atoms with Crippen molar-refractivity contribution in [1.29, 1.82) is 0 Å². The summed E-state index contributed by atoms with van der Waals surface area (Å²) < 4.78 is 22.4. The Kier molecular flexibility index (Phi) is 7.53. The van der Waals surface area contributed by atoms with Crippen molar-refractivity contribution in [3.05, 3.63) is 65.8 Å². The van der Waals surface area contributed by atoms with E-state index in [2.05, 4.69) is 24.3 Å². The van der Waals surface area contributed by atoms with Gasteiger partial charge in [-0.1, -0.05) is 30.4 Å². The number of fused-ring (bicyclic) bond motifs is 2. The topological polar surface area (TPSA) is 77.5 Å². The van der Waals surface area contributed by atoms with Crippen molar-refractivity contribution in [2.75, 3.05) is 39.8 Å². The van der Waals surface area contributed by atoms with Crippen LogP contribution in [0, 0.1) is 17.8 Å². The second kappa shape index (κ2) is 11.7. The van der Waals surface area contributed by atoms with E-state index in [1.807, 2.05) is 40.1 Å². The molecule has 7 rings (SSSR count). The van der Waals surface area contributed by atoms with Crippen LogP contribution in [-0.4, -0.2) is 61.4 Å². The molecular weight excluding hydrogens is 532 g/mol. The van der Waals surface area contributed by atoms with Crippen LogP contribution in [-0.2, 0) is 9.59 Å². The van der Waals surface area contributed by atoms with Crippen LogP contribution in [0.3, 0.4) is 0 Å². The zero-order chi connectivity index (χ0) is 28.5. The lowest BCUT2D eigenvalue weighted by Gasteiger charge is -2.51. The van der Waals surface area contributed by atoms with Gasteiger partial charge in [-0.3, -0.25) is 9.59 Å². The van der Waals surface area contributed by atoms with Gasteiger partial charge in [0.2, 0.25) is 25.4 Å². The lowest BCUT2D eigenvalue weighted by Crippen LogP contribution is -2.53. The lowest BCUT2D eigenvalue weighted by atomic mass is 9.53. The van der Waals surface area contributed by atoms with Gasteiger partial charge in [0.25, 0.3) is 0 Å². The molecule has 4 aliphatic heterocycles. The van der Waals surface area contributed by atoms with Gasteiger partial charge in [0.15, 0.2) is 23.0 Å². The molecule has 2 aromatic rings. The van der Waals surface area contributed by atoms with Crippen LogP contribution in [0.2, 0.25) is 0 Å². The van der Waals surface area contributed by atoms with Crippen molar-refractivity contribution in [3.63, 3.8) is 0 Å². The quantitative estimate of drug-likeness (QED) is 0.434. The number of carbonyl (C=O) groups is 2. The van der Waals surface area contributed by atoms with E-state index in [0.717, 1.165) is 86.7 Å². The van der Waals surface area contributed by atoms with E-state index in [-0.39, 0.29) is 49.1 Å². The van der Waals surface area contributed by atoms with Gasteiger partial charge in [-0.05, 0) is 91.8 Å². The predicted molar refractivity (Wildman–Crippen MR) is 157 cm³/mol. The summed E-state index contributed by atoms with van der Waals surface area (Å²) in [7, 11) is 0. The molecule has 8 nitrogen and oxygen atoms in total. The van der Waals surface area contributed by atoms with Crippen LogP contribution in [0.1, 0.15) is 55.6 Å². The minimum atomic E-state index is -0.242. The fraction of sp³-hybridized carbons (Fsp3) is 0.471. The highest BCUT2D eigenvalue weighted by atomic mass is 16.7. The van der Waals surface area contributed by atoms with E-state index in [9.17, 15) is 9.59 Å². The second-order valence-corrected chi connectivity index (χ2v) is 11.9. The highest BCUT2D eigenvalue weighted by Crippen LogP contribution is 2.56. The zero-order valence-corrected chi connectivity index (χ0v) is 23.9. The third kappa shape index (κ3) is 5.23. The molecule has 8 heteroatoms. The number of hydrogen-bond donors (Lipinski definition) is 0. The number of rotatable bonds is 6. The predicted octanol–water partition coefficient (Wildman–Crippen LogP) is 5.38. The van der Waals surface area contributed by atoms with Crippen molar-refractivity contribution in [3.8, 4) is 23.0 Å². The number of allylic oxidation sites excluding steroid dienone is 2. The summed E-state index contributed by atoms with van der Waals surface area (Å²) >= 11 is 0. The van der Waals surface area contributed by atoms with Crippen LogP contribution in [0.15, 0.2) is 54.6 Å². The van der Waals surface area contributed by atoms with Gasteiger partial charge in [0.1, 0.15) is 0 Å². The fourth-order valence-corrected chi connectivity index (χ4v) is 7.15. The molecule has 0 unspecified atom stereocenters. The first-order valence-corrected chi connectivity index (χ1v) is 15.4. The average Bonchev–Trinajstić information content (AvgIpc) is 3.70.